The first kappa shape index (κ1) is 14.1. The smallest absolute Gasteiger partial charge is 0.268 e. The molecule has 0 aliphatic carbocycles. The van der Waals surface area contributed by atoms with Gasteiger partial charge in [-0.15, -0.1) is 6.58 Å². The molecule has 0 fully saturated rings. The van der Waals surface area contributed by atoms with Crippen molar-refractivity contribution in [3.05, 3.63) is 12.7 Å². The van der Waals surface area contributed by atoms with Crippen LogP contribution in [0.3, 0.4) is 0 Å². The third kappa shape index (κ3) is 37.4. The quantitative estimate of drug-likeness (QED) is 0.457. The third-order valence-electron chi connectivity index (χ3n) is 0.328. The van der Waals surface area contributed by atoms with Crippen LogP contribution in [0, 0.1) is 0 Å². The number of rotatable bonds is 2. The number of hydrogen-bond acceptors (Lipinski definition) is 2. The Labute approximate surface area is 80.7 Å². The second-order valence-corrected chi connectivity index (χ2v) is 4.76. The highest BCUT2D eigenvalue weighted by Gasteiger charge is 1.95. The van der Waals surface area contributed by atoms with E-state index in [-0.39, 0.29) is 5.75 Å². The monoisotopic (exact) mass is 240 g/mol. The van der Waals surface area contributed by atoms with Crippen molar-refractivity contribution >= 4 is 44.9 Å². The molecule has 0 atom stereocenters. The molecule has 1 N–H and O–H groups in total. The van der Waals surface area contributed by atoms with Gasteiger partial charge in [-0.1, -0.05) is 40.9 Å². The molecule has 0 heterocycles. The lowest BCUT2D eigenvalue weighted by Crippen LogP contribution is -1.99. The van der Waals surface area contributed by atoms with Gasteiger partial charge in [-0.2, -0.15) is 8.42 Å². The molecule has 0 saturated heterocycles. The Kier molecular flexibility index (Phi) is 9.19. The molecule has 0 aliphatic heterocycles. The summed E-state index contributed by atoms with van der Waals surface area (Å²) >= 11 is 14.4. The maximum absolute atomic E-state index is 9.72. The van der Waals surface area contributed by atoms with Crippen LogP contribution in [0.5, 0.6) is 0 Å². The predicted molar refractivity (Wildman–Crippen MR) is 48.0 cm³/mol. The van der Waals surface area contributed by atoms with E-state index in [0.29, 0.717) is 0 Å². The molecule has 68 valence electrons. The second kappa shape index (κ2) is 7.18. The fraction of sp³-hybridized carbons (Fsp3) is 0.500. The van der Waals surface area contributed by atoms with Crippen LogP contribution in [0.15, 0.2) is 12.7 Å². The van der Waals surface area contributed by atoms with E-state index in [0.717, 1.165) is 6.08 Å². The van der Waals surface area contributed by atoms with Crippen molar-refractivity contribution in [3.8, 4) is 0 Å². The standard InChI is InChI=1S/C3H6O3S.CHCl3/c1-2-3-7(4,5)6;2-1(3)4/h2H,1,3H2,(H,4,5,6);1H. The van der Waals surface area contributed by atoms with Crippen LogP contribution in [0.1, 0.15) is 0 Å². The van der Waals surface area contributed by atoms with Gasteiger partial charge in [-0.05, 0) is 0 Å². The fourth-order valence-corrected chi connectivity index (χ4v) is 0.447. The molecule has 0 unspecified atom stereocenters. The predicted octanol–water partition coefficient (Wildman–Crippen LogP) is 2.05. The van der Waals surface area contributed by atoms with Crippen LogP contribution >= 0.6 is 34.8 Å². The topological polar surface area (TPSA) is 54.4 Å². The van der Waals surface area contributed by atoms with Crippen molar-refractivity contribution in [3.63, 3.8) is 0 Å². The molecule has 0 aromatic heterocycles. The van der Waals surface area contributed by atoms with E-state index in [2.05, 4.69) is 6.58 Å². The first-order chi connectivity index (χ1) is 4.79. The fourth-order valence-electron chi connectivity index (χ4n) is 0.149. The summed E-state index contributed by atoms with van der Waals surface area (Å²) in [4.78, 5) is 0. The molecule has 0 aromatic rings. The Morgan fingerprint density at radius 2 is 1.73 bits per heavy atom. The molecule has 0 radical (unpaired) electrons. The highest BCUT2D eigenvalue weighted by Crippen LogP contribution is 2.03. The second-order valence-electron chi connectivity index (χ2n) is 1.28. The zero-order valence-corrected chi connectivity index (χ0v) is 8.46. The maximum atomic E-state index is 9.72. The summed E-state index contributed by atoms with van der Waals surface area (Å²) in [6.07, 6.45) is 1.12. The van der Waals surface area contributed by atoms with Crippen LogP contribution in [0.25, 0.3) is 0 Å². The zero-order valence-electron chi connectivity index (χ0n) is 5.37. The average molecular weight is 242 g/mol. The van der Waals surface area contributed by atoms with Crippen molar-refractivity contribution in [2.75, 3.05) is 5.75 Å². The van der Waals surface area contributed by atoms with Gasteiger partial charge in [0, 0.05) is 0 Å². The van der Waals surface area contributed by atoms with E-state index in [1.165, 1.54) is 0 Å². The minimum absolute atomic E-state index is 0.368. The van der Waals surface area contributed by atoms with Gasteiger partial charge in [-0.25, -0.2) is 0 Å². The minimum Gasteiger partial charge on any atom is -0.285 e. The van der Waals surface area contributed by atoms with Gasteiger partial charge in [-0.3, -0.25) is 4.55 Å². The molecule has 0 aliphatic rings. The van der Waals surface area contributed by atoms with Crippen LogP contribution < -0.4 is 0 Å². The van der Waals surface area contributed by atoms with E-state index in [1.54, 1.807) is 0 Å². The highest BCUT2D eigenvalue weighted by molar-refractivity contribution is 7.85. The molecule has 0 saturated carbocycles. The Hall–Kier alpha value is 0.520. The first-order valence-electron chi connectivity index (χ1n) is 2.28. The van der Waals surface area contributed by atoms with E-state index < -0.39 is 14.4 Å². The molecule has 0 spiro atoms. The van der Waals surface area contributed by atoms with Gasteiger partial charge in [0.1, 0.15) is 0 Å². The summed E-state index contributed by atoms with van der Waals surface area (Å²) in [7, 11) is -3.79. The molecule has 3 nitrogen and oxygen atoms in total. The van der Waals surface area contributed by atoms with Crippen molar-refractivity contribution in [2.45, 2.75) is 4.30 Å². The molecule has 0 rings (SSSR count). The van der Waals surface area contributed by atoms with Crippen molar-refractivity contribution < 1.29 is 13.0 Å². The zero-order chi connectivity index (χ0) is 9.49. The lowest BCUT2D eigenvalue weighted by molar-refractivity contribution is 0.487. The van der Waals surface area contributed by atoms with E-state index >= 15 is 0 Å². The summed E-state index contributed by atoms with van der Waals surface area (Å²) in [6.45, 7) is 3.11. The third-order valence-corrected chi connectivity index (χ3v) is 0.985. The summed E-state index contributed by atoms with van der Waals surface area (Å²) in [5.74, 6) is -0.368. The van der Waals surface area contributed by atoms with Gasteiger partial charge >= 0.3 is 0 Å². The van der Waals surface area contributed by atoms with Crippen LogP contribution in [-0.4, -0.2) is 23.0 Å². The van der Waals surface area contributed by atoms with Gasteiger partial charge in [0.05, 0.1) is 5.75 Å². The Bertz CT molecular complexity index is 184. The lowest BCUT2D eigenvalue weighted by Gasteiger charge is -1.82. The van der Waals surface area contributed by atoms with Gasteiger partial charge < -0.3 is 0 Å². The normalized spacial score (nSPS) is 10.3. The summed E-state index contributed by atoms with van der Waals surface area (Å²) in [5, 5.41) is 0. The van der Waals surface area contributed by atoms with E-state index in [9.17, 15) is 8.42 Å². The van der Waals surface area contributed by atoms with Gasteiger partial charge in [0.25, 0.3) is 10.1 Å². The molecular weight excluding hydrogens is 234 g/mol. The number of alkyl halides is 3. The SMILES string of the molecule is C=CCS(=O)(=O)O.ClC(Cl)Cl. The summed E-state index contributed by atoms with van der Waals surface area (Å²) in [6, 6.07) is 0. The molecule has 0 amide bonds. The maximum Gasteiger partial charge on any atom is 0.268 e. The number of halogens is 3. The Morgan fingerprint density at radius 1 is 1.45 bits per heavy atom. The Morgan fingerprint density at radius 3 is 1.73 bits per heavy atom. The largest absolute Gasteiger partial charge is 0.285 e. The van der Waals surface area contributed by atoms with E-state index in [1.807, 2.05) is 0 Å². The van der Waals surface area contributed by atoms with Crippen molar-refractivity contribution in [2.24, 2.45) is 0 Å². The Balaban J connectivity index is 0. The molecule has 0 bridgehead atoms. The molecular formula is C4H7Cl3O3S. The highest BCUT2D eigenvalue weighted by atomic mass is 35.6. The average Bonchev–Trinajstić information content (AvgIpc) is 1.58. The summed E-state index contributed by atoms with van der Waals surface area (Å²) < 4.78 is 26.6. The van der Waals surface area contributed by atoms with Crippen LogP contribution in [0.2, 0.25) is 0 Å². The lowest BCUT2D eigenvalue weighted by atomic mass is 10.8. The first-order valence-corrected chi connectivity index (χ1v) is 5.19. The van der Waals surface area contributed by atoms with Gasteiger partial charge in [0.15, 0.2) is 4.30 Å². The van der Waals surface area contributed by atoms with Gasteiger partial charge in [0.2, 0.25) is 0 Å². The van der Waals surface area contributed by atoms with Crippen molar-refractivity contribution in [1.29, 1.82) is 0 Å². The van der Waals surface area contributed by atoms with E-state index in [4.69, 9.17) is 39.4 Å². The molecule has 7 heteroatoms. The van der Waals surface area contributed by atoms with Crippen LogP contribution in [-0.2, 0) is 10.1 Å². The van der Waals surface area contributed by atoms with Crippen molar-refractivity contribution in [1.82, 2.24) is 0 Å². The molecule has 0 aromatic carbocycles. The molecule has 11 heavy (non-hydrogen) atoms. The summed E-state index contributed by atoms with van der Waals surface area (Å²) in [5.41, 5.74) is 0. The number of hydrogen-bond donors (Lipinski definition) is 1. The van der Waals surface area contributed by atoms with Crippen LogP contribution in [0.4, 0.5) is 0 Å². The minimum atomic E-state index is -3.79.